The number of hydrogen-bond donors (Lipinski definition) is 2. The number of rotatable bonds is 4. The summed E-state index contributed by atoms with van der Waals surface area (Å²) in [5, 5.41) is 10.2. The summed E-state index contributed by atoms with van der Waals surface area (Å²) < 4.78 is 2.37. The summed E-state index contributed by atoms with van der Waals surface area (Å²) in [6, 6.07) is 5.19. The molecule has 0 spiro atoms. The number of halogens is 2. The molecule has 0 atom stereocenters. The monoisotopic (exact) mass is 424 g/mol. The molecule has 132 valence electrons. The Kier molecular flexibility index (Phi) is 5.15. The van der Waals surface area contributed by atoms with Gasteiger partial charge in [-0.2, -0.15) is 5.10 Å². The van der Waals surface area contributed by atoms with Gasteiger partial charge in [0, 0.05) is 18.1 Å². The van der Waals surface area contributed by atoms with E-state index in [4.69, 9.17) is 11.6 Å². The van der Waals surface area contributed by atoms with Crippen LogP contribution in [0, 0.1) is 6.92 Å². The maximum Gasteiger partial charge on any atom is 0.274 e. The zero-order valence-corrected chi connectivity index (χ0v) is 16.2. The lowest BCUT2D eigenvalue weighted by atomic mass is 9.93. The van der Waals surface area contributed by atoms with E-state index in [9.17, 15) is 9.59 Å². The first-order chi connectivity index (χ1) is 11.9. The van der Waals surface area contributed by atoms with Gasteiger partial charge in [0.25, 0.3) is 11.8 Å². The van der Waals surface area contributed by atoms with Crippen molar-refractivity contribution in [2.75, 3.05) is 12.4 Å². The van der Waals surface area contributed by atoms with Crippen LogP contribution in [0.5, 0.6) is 0 Å². The predicted molar refractivity (Wildman–Crippen MR) is 100 cm³/mol. The maximum atomic E-state index is 12.8. The number of hydrogen-bond acceptors (Lipinski definition) is 3. The van der Waals surface area contributed by atoms with Crippen LogP contribution in [-0.2, 0) is 0 Å². The minimum Gasteiger partial charge on any atom is -0.355 e. The van der Waals surface area contributed by atoms with Crippen LogP contribution in [0.2, 0.25) is 5.02 Å². The van der Waals surface area contributed by atoms with Gasteiger partial charge >= 0.3 is 0 Å². The summed E-state index contributed by atoms with van der Waals surface area (Å²) >= 11 is 9.40. The van der Waals surface area contributed by atoms with E-state index in [1.54, 1.807) is 29.8 Å². The summed E-state index contributed by atoms with van der Waals surface area (Å²) in [7, 11) is 1.53. The molecule has 1 saturated carbocycles. The van der Waals surface area contributed by atoms with Crippen molar-refractivity contribution in [3.05, 3.63) is 44.6 Å². The molecule has 0 bridgehead atoms. The number of amides is 2. The van der Waals surface area contributed by atoms with Crippen molar-refractivity contribution in [3.8, 4) is 0 Å². The topological polar surface area (TPSA) is 76.0 Å². The van der Waals surface area contributed by atoms with Gasteiger partial charge in [0.05, 0.1) is 17.3 Å². The molecule has 1 aliphatic carbocycles. The predicted octanol–water partition coefficient (Wildman–Crippen LogP) is 3.94. The summed E-state index contributed by atoms with van der Waals surface area (Å²) in [5.41, 5.74) is 1.96. The first-order valence-electron chi connectivity index (χ1n) is 7.99. The maximum absolute atomic E-state index is 12.8. The molecule has 2 N–H and O–H groups in total. The second-order valence-electron chi connectivity index (χ2n) is 6.06. The molecular weight excluding hydrogens is 408 g/mol. The standard InChI is InChI=1S/C17H18BrClN4O2/c1-9-6-10(19)7-12(16(24)20-2)15(9)21-17(25)13-8-14(18)22-23(13)11-4-3-5-11/h6-8,11H,3-5H2,1-2H3,(H,20,24)(H,21,25). The zero-order chi connectivity index (χ0) is 18.1. The molecule has 0 radical (unpaired) electrons. The van der Waals surface area contributed by atoms with E-state index >= 15 is 0 Å². The first-order valence-corrected chi connectivity index (χ1v) is 9.16. The molecular formula is C17H18BrClN4O2. The average molecular weight is 426 g/mol. The SMILES string of the molecule is CNC(=O)c1cc(Cl)cc(C)c1NC(=O)c1cc(Br)nn1C1CCC1. The molecule has 1 aromatic heterocycles. The highest BCUT2D eigenvalue weighted by Gasteiger charge is 2.27. The van der Waals surface area contributed by atoms with Crippen LogP contribution in [0.3, 0.4) is 0 Å². The van der Waals surface area contributed by atoms with Crippen molar-refractivity contribution in [1.29, 1.82) is 0 Å². The number of anilines is 1. The van der Waals surface area contributed by atoms with Crippen molar-refractivity contribution in [1.82, 2.24) is 15.1 Å². The van der Waals surface area contributed by atoms with Gasteiger partial charge in [-0.1, -0.05) is 11.6 Å². The number of nitrogens with one attached hydrogen (secondary N) is 2. The Labute approximate surface area is 159 Å². The van der Waals surface area contributed by atoms with E-state index in [1.165, 1.54) is 7.05 Å². The Balaban J connectivity index is 1.95. The zero-order valence-electron chi connectivity index (χ0n) is 13.9. The van der Waals surface area contributed by atoms with Crippen molar-refractivity contribution in [3.63, 3.8) is 0 Å². The Morgan fingerprint density at radius 1 is 1.28 bits per heavy atom. The van der Waals surface area contributed by atoms with E-state index < -0.39 is 0 Å². The lowest BCUT2D eigenvalue weighted by Gasteiger charge is -2.27. The number of aryl methyl sites for hydroxylation is 1. The molecule has 2 aromatic rings. The van der Waals surface area contributed by atoms with Gasteiger partial charge in [-0.3, -0.25) is 14.3 Å². The number of carbonyl (C=O) groups is 2. The van der Waals surface area contributed by atoms with Gasteiger partial charge in [-0.05, 0) is 59.8 Å². The van der Waals surface area contributed by atoms with Gasteiger partial charge in [0.15, 0.2) is 0 Å². The first kappa shape index (κ1) is 17.9. The van der Waals surface area contributed by atoms with E-state index in [0.717, 1.165) is 19.3 Å². The van der Waals surface area contributed by atoms with Gasteiger partial charge in [0.2, 0.25) is 0 Å². The van der Waals surface area contributed by atoms with Crippen molar-refractivity contribution >= 4 is 45.0 Å². The molecule has 3 rings (SSSR count). The quantitative estimate of drug-likeness (QED) is 0.779. The van der Waals surface area contributed by atoms with Crippen LogP contribution in [0.1, 0.15) is 51.7 Å². The fourth-order valence-electron chi connectivity index (χ4n) is 2.84. The molecule has 8 heteroatoms. The minimum absolute atomic E-state index is 0.247. The van der Waals surface area contributed by atoms with Crippen LogP contribution in [0.25, 0.3) is 0 Å². The second-order valence-corrected chi connectivity index (χ2v) is 7.31. The average Bonchev–Trinajstić information content (AvgIpc) is 2.88. The Morgan fingerprint density at radius 3 is 2.60 bits per heavy atom. The number of carbonyl (C=O) groups excluding carboxylic acids is 2. The van der Waals surface area contributed by atoms with Crippen molar-refractivity contribution in [2.45, 2.75) is 32.2 Å². The molecule has 1 aromatic carbocycles. The van der Waals surface area contributed by atoms with Crippen LogP contribution in [0.15, 0.2) is 22.8 Å². The summed E-state index contributed by atoms with van der Waals surface area (Å²) in [6.07, 6.45) is 3.16. The van der Waals surface area contributed by atoms with Crippen LogP contribution in [-0.4, -0.2) is 28.6 Å². The summed E-state index contributed by atoms with van der Waals surface area (Å²) in [6.45, 7) is 1.80. The Bertz CT molecular complexity index is 845. The highest BCUT2D eigenvalue weighted by Crippen LogP contribution is 2.33. The fraction of sp³-hybridized carbons (Fsp3) is 0.353. The summed E-state index contributed by atoms with van der Waals surface area (Å²) in [4.78, 5) is 25.0. The molecule has 25 heavy (non-hydrogen) atoms. The molecule has 0 saturated heterocycles. The van der Waals surface area contributed by atoms with Crippen LogP contribution in [0.4, 0.5) is 5.69 Å². The molecule has 0 unspecified atom stereocenters. The molecule has 1 heterocycles. The highest BCUT2D eigenvalue weighted by atomic mass is 79.9. The highest BCUT2D eigenvalue weighted by molar-refractivity contribution is 9.10. The van der Waals surface area contributed by atoms with E-state index in [1.807, 2.05) is 0 Å². The fourth-order valence-corrected chi connectivity index (χ4v) is 3.50. The van der Waals surface area contributed by atoms with Crippen molar-refractivity contribution < 1.29 is 9.59 Å². The van der Waals surface area contributed by atoms with E-state index in [-0.39, 0.29) is 17.9 Å². The lowest BCUT2D eigenvalue weighted by molar-refractivity contribution is 0.0964. The van der Waals surface area contributed by atoms with E-state index in [0.29, 0.717) is 32.1 Å². The number of benzene rings is 1. The van der Waals surface area contributed by atoms with E-state index in [2.05, 4.69) is 31.7 Å². The van der Waals surface area contributed by atoms with Gasteiger partial charge in [-0.15, -0.1) is 0 Å². The third kappa shape index (κ3) is 3.57. The van der Waals surface area contributed by atoms with Crippen LogP contribution < -0.4 is 10.6 Å². The largest absolute Gasteiger partial charge is 0.355 e. The van der Waals surface area contributed by atoms with Gasteiger partial charge in [0.1, 0.15) is 10.3 Å². The molecule has 6 nitrogen and oxygen atoms in total. The Morgan fingerprint density at radius 2 is 2.00 bits per heavy atom. The second kappa shape index (κ2) is 7.17. The molecule has 1 fully saturated rings. The van der Waals surface area contributed by atoms with Crippen LogP contribution >= 0.6 is 27.5 Å². The number of nitrogens with zero attached hydrogens (tertiary/aromatic N) is 2. The normalized spacial score (nSPS) is 14.1. The smallest absolute Gasteiger partial charge is 0.274 e. The molecule has 1 aliphatic rings. The van der Waals surface area contributed by atoms with Gasteiger partial charge in [-0.25, -0.2) is 0 Å². The van der Waals surface area contributed by atoms with Gasteiger partial charge < -0.3 is 10.6 Å². The lowest BCUT2D eigenvalue weighted by Crippen LogP contribution is -2.26. The minimum atomic E-state index is -0.311. The van der Waals surface area contributed by atoms with Crippen molar-refractivity contribution in [2.24, 2.45) is 0 Å². The third-order valence-electron chi connectivity index (χ3n) is 4.37. The number of aromatic nitrogens is 2. The Hall–Kier alpha value is -1.86. The molecule has 2 amide bonds. The third-order valence-corrected chi connectivity index (χ3v) is 4.98. The summed E-state index contributed by atoms with van der Waals surface area (Å²) in [5.74, 6) is -0.616. The molecule has 0 aliphatic heterocycles.